The van der Waals surface area contributed by atoms with Crippen LogP contribution in [-0.2, 0) is 11.3 Å². The summed E-state index contributed by atoms with van der Waals surface area (Å²) in [5.74, 6) is -0.240. The fourth-order valence-electron chi connectivity index (χ4n) is 2.10. The molecule has 0 aliphatic carbocycles. The van der Waals surface area contributed by atoms with Crippen LogP contribution in [0.1, 0.15) is 36.7 Å². The van der Waals surface area contributed by atoms with E-state index in [2.05, 4.69) is 4.98 Å². The minimum atomic E-state index is -1.06. The van der Waals surface area contributed by atoms with Crippen LogP contribution in [0.5, 0.6) is 0 Å². The third kappa shape index (κ3) is 3.78. The van der Waals surface area contributed by atoms with Gasteiger partial charge in [-0.3, -0.25) is 0 Å². The minimum Gasteiger partial charge on any atom is -0.478 e. The molecule has 0 spiro atoms. The average Bonchev–Trinajstić information content (AvgIpc) is 2.87. The van der Waals surface area contributed by atoms with Gasteiger partial charge in [-0.2, -0.15) is 0 Å². The first kappa shape index (κ1) is 15.0. The van der Waals surface area contributed by atoms with Gasteiger partial charge in [-0.05, 0) is 17.7 Å². The predicted molar refractivity (Wildman–Crippen MR) is 78.5 cm³/mol. The maximum Gasteiger partial charge on any atom is 0.328 e. The summed E-state index contributed by atoms with van der Waals surface area (Å²) in [7, 11) is 0. The third-order valence-corrected chi connectivity index (χ3v) is 3.10. The zero-order valence-corrected chi connectivity index (χ0v) is 12.0. The molecule has 0 amide bonds. The van der Waals surface area contributed by atoms with Crippen LogP contribution in [-0.4, -0.2) is 20.6 Å². The van der Waals surface area contributed by atoms with Gasteiger partial charge in [-0.25, -0.2) is 14.2 Å². The van der Waals surface area contributed by atoms with Crippen molar-refractivity contribution in [3.8, 4) is 0 Å². The monoisotopic (exact) mass is 288 g/mol. The van der Waals surface area contributed by atoms with Crippen LogP contribution in [0.3, 0.4) is 0 Å². The molecule has 0 aliphatic rings. The number of hydrogen-bond donors (Lipinski definition) is 1. The Labute approximate surface area is 122 Å². The summed E-state index contributed by atoms with van der Waals surface area (Å²) in [5.41, 5.74) is 1.07. The van der Waals surface area contributed by atoms with Crippen LogP contribution in [0.25, 0.3) is 6.08 Å². The Bertz CT molecular complexity index is 675. The first-order valence-electron chi connectivity index (χ1n) is 6.68. The van der Waals surface area contributed by atoms with E-state index < -0.39 is 5.97 Å². The van der Waals surface area contributed by atoms with E-state index in [1.165, 1.54) is 12.1 Å². The number of aromatic nitrogens is 2. The molecule has 1 heterocycles. The Morgan fingerprint density at radius 1 is 1.48 bits per heavy atom. The maximum absolute atomic E-state index is 14.1. The van der Waals surface area contributed by atoms with Gasteiger partial charge in [-0.1, -0.05) is 26.0 Å². The number of nitrogens with zero attached hydrogens (tertiary/aromatic N) is 2. The summed E-state index contributed by atoms with van der Waals surface area (Å²) in [4.78, 5) is 14.7. The highest BCUT2D eigenvalue weighted by molar-refractivity contribution is 5.85. The molecule has 0 saturated carbocycles. The Hall–Kier alpha value is -2.43. The molecule has 0 fully saturated rings. The summed E-state index contributed by atoms with van der Waals surface area (Å²) < 4.78 is 16.0. The number of carboxylic acids is 1. The highest BCUT2D eigenvalue weighted by atomic mass is 19.1. The molecule has 110 valence electrons. The van der Waals surface area contributed by atoms with Gasteiger partial charge in [0.15, 0.2) is 0 Å². The number of benzene rings is 1. The minimum absolute atomic E-state index is 0.265. The van der Waals surface area contributed by atoms with E-state index in [1.54, 1.807) is 18.3 Å². The second-order valence-electron chi connectivity index (χ2n) is 5.09. The van der Waals surface area contributed by atoms with Crippen molar-refractivity contribution in [3.63, 3.8) is 0 Å². The van der Waals surface area contributed by atoms with Crippen molar-refractivity contribution in [3.05, 3.63) is 59.4 Å². The first-order valence-corrected chi connectivity index (χ1v) is 6.68. The van der Waals surface area contributed by atoms with Crippen molar-refractivity contribution in [2.45, 2.75) is 26.3 Å². The van der Waals surface area contributed by atoms with Crippen LogP contribution in [0.15, 0.2) is 36.7 Å². The summed E-state index contributed by atoms with van der Waals surface area (Å²) in [6.45, 7) is 4.48. The molecule has 4 nitrogen and oxygen atoms in total. The lowest BCUT2D eigenvalue weighted by Gasteiger charge is -2.11. The number of halogens is 1. The lowest BCUT2D eigenvalue weighted by molar-refractivity contribution is -0.131. The van der Waals surface area contributed by atoms with Crippen molar-refractivity contribution in [1.29, 1.82) is 0 Å². The zero-order chi connectivity index (χ0) is 15.4. The Balaban J connectivity index is 2.21. The smallest absolute Gasteiger partial charge is 0.328 e. The van der Waals surface area contributed by atoms with E-state index in [-0.39, 0.29) is 11.7 Å². The lowest BCUT2D eigenvalue weighted by Crippen LogP contribution is -2.07. The highest BCUT2D eigenvalue weighted by Crippen LogP contribution is 2.17. The van der Waals surface area contributed by atoms with Crippen molar-refractivity contribution in [1.82, 2.24) is 9.55 Å². The van der Waals surface area contributed by atoms with Gasteiger partial charge in [0.1, 0.15) is 11.6 Å². The molecule has 0 atom stereocenters. The van der Waals surface area contributed by atoms with Gasteiger partial charge in [0.05, 0.1) is 6.54 Å². The largest absolute Gasteiger partial charge is 0.478 e. The fraction of sp³-hybridized carbons (Fsp3) is 0.250. The summed E-state index contributed by atoms with van der Waals surface area (Å²) in [6, 6.07) is 4.70. The molecule has 5 heteroatoms. The first-order chi connectivity index (χ1) is 9.97. The van der Waals surface area contributed by atoms with Crippen LogP contribution in [0.2, 0.25) is 0 Å². The van der Waals surface area contributed by atoms with Gasteiger partial charge >= 0.3 is 5.97 Å². The number of carbonyl (C=O) groups is 1. The van der Waals surface area contributed by atoms with Gasteiger partial charge in [0.25, 0.3) is 0 Å². The zero-order valence-electron chi connectivity index (χ0n) is 12.0. The van der Waals surface area contributed by atoms with Crippen LogP contribution in [0, 0.1) is 5.82 Å². The molecule has 2 aromatic rings. The SMILES string of the molecule is CC(C)c1nccn1Cc1ccc(C=CC(=O)O)cc1F. The topological polar surface area (TPSA) is 55.1 Å². The number of imidazole rings is 1. The molecular formula is C16H17FN2O2. The number of rotatable bonds is 5. The molecule has 0 bridgehead atoms. The quantitative estimate of drug-likeness (QED) is 0.859. The van der Waals surface area contributed by atoms with Crippen LogP contribution >= 0.6 is 0 Å². The normalized spacial score (nSPS) is 11.4. The number of carboxylic acid groups (broad SMARTS) is 1. The Morgan fingerprint density at radius 3 is 2.86 bits per heavy atom. The fourth-order valence-corrected chi connectivity index (χ4v) is 2.10. The molecule has 21 heavy (non-hydrogen) atoms. The number of aliphatic carboxylic acids is 1. The summed E-state index contributed by atoms with van der Waals surface area (Å²) in [6.07, 6.45) is 5.89. The van der Waals surface area contributed by atoms with Gasteiger partial charge in [0, 0.05) is 30.0 Å². The van der Waals surface area contributed by atoms with Crippen LogP contribution in [0.4, 0.5) is 4.39 Å². The Kier molecular flexibility index (Phi) is 4.52. The van der Waals surface area contributed by atoms with Crippen LogP contribution < -0.4 is 0 Å². The summed E-state index contributed by atoms with van der Waals surface area (Å²) >= 11 is 0. The second kappa shape index (κ2) is 6.35. The molecule has 1 N–H and O–H groups in total. The van der Waals surface area contributed by atoms with E-state index in [1.807, 2.05) is 24.6 Å². The highest BCUT2D eigenvalue weighted by Gasteiger charge is 2.10. The molecule has 0 radical (unpaired) electrons. The van der Waals surface area contributed by atoms with Gasteiger partial charge in [0.2, 0.25) is 0 Å². The van der Waals surface area contributed by atoms with Gasteiger partial charge in [-0.15, -0.1) is 0 Å². The second-order valence-corrected chi connectivity index (χ2v) is 5.09. The molecule has 2 rings (SSSR count). The van der Waals surface area contributed by atoms with Gasteiger partial charge < -0.3 is 9.67 Å². The van der Waals surface area contributed by atoms with E-state index in [0.29, 0.717) is 17.7 Å². The maximum atomic E-state index is 14.1. The predicted octanol–water partition coefficient (Wildman–Crippen LogP) is 3.29. The third-order valence-electron chi connectivity index (χ3n) is 3.10. The number of hydrogen-bond acceptors (Lipinski definition) is 2. The van der Waals surface area contributed by atoms with E-state index in [0.717, 1.165) is 11.9 Å². The average molecular weight is 288 g/mol. The molecule has 1 aromatic carbocycles. The van der Waals surface area contributed by atoms with Crippen molar-refractivity contribution < 1.29 is 14.3 Å². The standard InChI is InChI=1S/C16H17FN2O2/c1-11(2)16-18-7-8-19(16)10-13-5-3-12(9-14(13)17)4-6-15(20)21/h3-9,11H,10H2,1-2H3,(H,20,21). The van der Waals surface area contributed by atoms with E-state index in [4.69, 9.17) is 5.11 Å². The summed E-state index contributed by atoms with van der Waals surface area (Å²) in [5, 5.41) is 8.56. The molecule has 1 aromatic heterocycles. The Morgan fingerprint density at radius 2 is 2.24 bits per heavy atom. The van der Waals surface area contributed by atoms with E-state index >= 15 is 0 Å². The molecule has 0 saturated heterocycles. The molecule has 0 aliphatic heterocycles. The van der Waals surface area contributed by atoms with Crippen molar-refractivity contribution in [2.75, 3.05) is 0 Å². The lowest BCUT2D eigenvalue weighted by atomic mass is 10.1. The van der Waals surface area contributed by atoms with Crippen molar-refractivity contribution in [2.24, 2.45) is 0 Å². The van der Waals surface area contributed by atoms with Crippen molar-refractivity contribution >= 4 is 12.0 Å². The van der Waals surface area contributed by atoms with E-state index in [9.17, 15) is 9.18 Å². The molecule has 0 unspecified atom stereocenters. The molecular weight excluding hydrogens is 271 g/mol.